The molecule has 3 heterocycles. The normalized spacial score (nSPS) is 12.1. The SMILES string of the molecule is Cc1cc(-n2ncnc2C)c2cccc(OCc3c(Cl)cc(F)cc3[C@H](C)NC(=O)c3coc(C)n3)c2n1. The first kappa shape index (κ1) is 25.3. The number of hydrogen-bond acceptors (Lipinski definition) is 7. The van der Waals surface area contributed by atoms with Crippen LogP contribution in [0.4, 0.5) is 4.39 Å². The van der Waals surface area contributed by atoms with E-state index in [2.05, 4.69) is 20.4 Å². The summed E-state index contributed by atoms with van der Waals surface area (Å²) in [6.45, 7) is 7.15. The van der Waals surface area contributed by atoms with E-state index in [1.807, 2.05) is 38.1 Å². The highest BCUT2D eigenvalue weighted by molar-refractivity contribution is 6.31. The Kier molecular flexibility index (Phi) is 6.81. The fraction of sp³-hybridized carbons (Fsp3) is 0.222. The lowest BCUT2D eigenvalue weighted by Gasteiger charge is -2.20. The zero-order chi connectivity index (χ0) is 27.0. The lowest BCUT2D eigenvalue weighted by Crippen LogP contribution is -2.28. The number of aryl methyl sites for hydroxylation is 3. The summed E-state index contributed by atoms with van der Waals surface area (Å²) < 4.78 is 27.4. The van der Waals surface area contributed by atoms with E-state index in [0.29, 0.717) is 28.3 Å². The van der Waals surface area contributed by atoms with Crippen LogP contribution in [0.15, 0.2) is 53.4 Å². The van der Waals surface area contributed by atoms with Crippen molar-refractivity contribution in [3.63, 3.8) is 0 Å². The molecule has 9 nitrogen and oxygen atoms in total. The summed E-state index contributed by atoms with van der Waals surface area (Å²) in [4.78, 5) is 25.6. The van der Waals surface area contributed by atoms with E-state index in [9.17, 15) is 9.18 Å². The number of aromatic nitrogens is 5. The molecule has 0 bridgehead atoms. The van der Waals surface area contributed by atoms with Crippen molar-refractivity contribution in [1.82, 2.24) is 30.0 Å². The van der Waals surface area contributed by atoms with Gasteiger partial charge in [-0.15, -0.1) is 0 Å². The van der Waals surface area contributed by atoms with Gasteiger partial charge in [-0.3, -0.25) is 4.79 Å². The van der Waals surface area contributed by atoms with Crippen LogP contribution in [-0.4, -0.2) is 30.6 Å². The highest BCUT2D eigenvalue weighted by atomic mass is 35.5. The summed E-state index contributed by atoms with van der Waals surface area (Å²) in [5, 5.41) is 8.16. The molecule has 5 aromatic rings. The van der Waals surface area contributed by atoms with Crippen molar-refractivity contribution < 1.29 is 18.3 Å². The van der Waals surface area contributed by atoms with Gasteiger partial charge < -0.3 is 14.5 Å². The van der Waals surface area contributed by atoms with E-state index in [1.165, 1.54) is 24.7 Å². The number of nitrogens with one attached hydrogen (secondary N) is 1. The highest BCUT2D eigenvalue weighted by Gasteiger charge is 2.21. The molecule has 194 valence electrons. The maximum Gasteiger partial charge on any atom is 0.273 e. The Balaban J connectivity index is 1.47. The molecular weight excluding hydrogens is 511 g/mol. The molecule has 0 saturated heterocycles. The van der Waals surface area contributed by atoms with Crippen LogP contribution in [-0.2, 0) is 6.61 Å². The molecule has 5 rings (SSSR count). The first-order valence-electron chi connectivity index (χ1n) is 11.8. The molecule has 0 unspecified atom stereocenters. The quantitative estimate of drug-likeness (QED) is 0.290. The van der Waals surface area contributed by atoms with Crippen LogP contribution < -0.4 is 10.1 Å². The summed E-state index contributed by atoms with van der Waals surface area (Å²) in [7, 11) is 0. The Labute approximate surface area is 222 Å². The fourth-order valence-corrected chi connectivity index (χ4v) is 4.55. The highest BCUT2D eigenvalue weighted by Crippen LogP contribution is 2.32. The van der Waals surface area contributed by atoms with Gasteiger partial charge in [0.25, 0.3) is 5.91 Å². The van der Waals surface area contributed by atoms with Crippen molar-refractivity contribution in [2.75, 3.05) is 0 Å². The molecule has 0 fully saturated rings. The second kappa shape index (κ2) is 10.2. The van der Waals surface area contributed by atoms with Gasteiger partial charge in [0.1, 0.15) is 42.1 Å². The predicted octanol–water partition coefficient (Wildman–Crippen LogP) is 5.59. The summed E-state index contributed by atoms with van der Waals surface area (Å²) in [6.07, 6.45) is 2.77. The maximum atomic E-state index is 14.4. The van der Waals surface area contributed by atoms with E-state index in [-0.39, 0.29) is 17.3 Å². The fourth-order valence-electron chi connectivity index (χ4n) is 4.28. The van der Waals surface area contributed by atoms with Gasteiger partial charge in [0.05, 0.1) is 16.8 Å². The van der Waals surface area contributed by atoms with Crippen molar-refractivity contribution >= 4 is 28.4 Å². The van der Waals surface area contributed by atoms with Gasteiger partial charge in [-0.05, 0) is 50.6 Å². The van der Waals surface area contributed by atoms with Gasteiger partial charge in [0.15, 0.2) is 11.6 Å². The lowest BCUT2D eigenvalue weighted by atomic mass is 10.0. The number of rotatable bonds is 7. The summed E-state index contributed by atoms with van der Waals surface area (Å²) >= 11 is 6.46. The standard InChI is InChI=1S/C27H24ClFN6O3/c1-14-8-24(35-16(3)30-13-31-35)19-6-5-7-25(26(19)32-14)38-11-21-20(9-18(29)10-22(21)28)15(2)33-27(36)23-12-37-17(4)34-23/h5-10,12-13,15H,11H2,1-4H3,(H,33,36)/t15-/m0/s1. The number of para-hydroxylation sites is 1. The predicted molar refractivity (Wildman–Crippen MR) is 139 cm³/mol. The number of hydrogen-bond donors (Lipinski definition) is 1. The molecule has 3 aromatic heterocycles. The molecule has 0 radical (unpaired) electrons. The van der Waals surface area contributed by atoms with E-state index >= 15 is 0 Å². The molecule has 0 spiro atoms. The van der Waals surface area contributed by atoms with E-state index in [0.717, 1.165) is 22.6 Å². The van der Waals surface area contributed by atoms with E-state index in [1.54, 1.807) is 18.5 Å². The number of ether oxygens (including phenoxy) is 1. The third-order valence-corrected chi connectivity index (χ3v) is 6.42. The second-order valence-electron chi connectivity index (χ2n) is 8.85. The van der Waals surface area contributed by atoms with Gasteiger partial charge in [-0.2, -0.15) is 5.10 Å². The summed E-state index contributed by atoms with van der Waals surface area (Å²) in [5.74, 6) is 0.648. The molecule has 0 aliphatic carbocycles. The number of halogens is 2. The number of amides is 1. The molecule has 2 aromatic carbocycles. The van der Waals surface area contributed by atoms with Gasteiger partial charge in [0, 0.05) is 23.6 Å². The third kappa shape index (κ3) is 4.95. The lowest BCUT2D eigenvalue weighted by molar-refractivity contribution is 0.0934. The van der Waals surface area contributed by atoms with Crippen LogP contribution in [0.3, 0.4) is 0 Å². The average molecular weight is 535 g/mol. The van der Waals surface area contributed by atoms with Crippen LogP contribution in [0, 0.1) is 26.6 Å². The number of carbonyl (C=O) groups is 1. The minimum Gasteiger partial charge on any atom is -0.487 e. The summed E-state index contributed by atoms with van der Waals surface area (Å²) in [6, 6.07) is 9.49. The van der Waals surface area contributed by atoms with Crippen LogP contribution >= 0.6 is 11.6 Å². The molecule has 1 atom stereocenters. The van der Waals surface area contributed by atoms with Crippen molar-refractivity contribution in [3.8, 4) is 11.4 Å². The van der Waals surface area contributed by atoms with Gasteiger partial charge >= 0.3 is 0 Å². The Morgan fingerprint density at radius 1 is 1.21 bits per heavy atom. The van der Waals surface area contributed by atoms with Crippen LogP contribution in [0.5, 0.6) is 5.75 Å². The number of fused-ring (bicyclic) bond motifs is 1. The van der Waals surface area contributed by atoms with Gasteiger partial charge in [-0.1, -0.05) is 23.7 Å². The number of carbonyl (C=O) groups excluding carboxylic acids is 1. The maximum absolute atomic E-state index is 14.4. The topological polar surface area (TPSA) is 108 Å². The van der Waals surface area contributed by atoms with Gasteiger partial charge in [-0.25, -0.2) is 24.0 Å². The molecule has 1 amide bonds. The second-order valence-corrected chi connectivity index (χ2v) is 9.25. The Morgan fingerprint density at radius 2 is 2.03 bits per heavy atom. The monoisotopic (exact) mass is 534 g/mol. The number of pyridine rings is 1. The molecule has 0 aliphatic rings. The minimum atomic E-state index is -0.596. The smallest absolute Gasteiger partial charge is 0.273 e. The molecule has 0 aliphatic heterocycles. The van der Waals surface area contributed by atoms with Crippen molar-refractivity contribution in [1.29, 1.82) is 0 Å². The third-order valence-electron chi connectivity index (χ3n) is 6.09. The Morgan fingerprint density at radius 3 is 2.74 bits per heavy atom. The minimum absolute atomic E-state index is 0.0180. The first-order chi connectivity index (χ1) is 18.2. The molecular formula is C27H24ClFN6O3. The van der Waals surface area contributed by atoms with Crippen molar-refractivity contribution in [3.05, 3.63) is 94.1 Å². The van der Waals surface area contributed by atoms with E-state index in [4.69, 9.17) is 25.7 Å². The van der Waals surface area contributed by atoms with E-state index < -0.39 is 17.8 Å². The number of benzene rings is 2. The first-order valence-corrected chi connectivity index (χ1v) is 12.2. The zero-order valence-corrected chi connectivity index (χ0v) is 21.9. The number of oxazole rings is 1. The molecule has 0 saturated carbocycles. The molecule has 1 N–H and O–H groups in total. The van der Waals surface area contributed by atoms with Gasteiger partial charge in [0.2, 0.25) is 0 Å². The van der Waals surface area contributed by atoms with Crippen LogP contribution in [0.2, 0.25) is 5.02 Å². The van der Waals surface area contributed by atoms with Crippen molar-refractivity contribution in [2.24, 2.45) is 0 Å². The Hall–Kier alpha value is -4.31. The number of nitrogens with zero attached hydrogens (tertiary/aromatic N) is 5. The van der Waals surface area contributed by atoms with Crippen molar-refractivity contribution in [2.45, 2.75) is 40.3 Å². The molecule has 11 heteroatoms. The van der Waals surface area contributed by atoms with Crippen LogP contribution in [0.25, 0.3) is 16.6 Å². The Bertz CT molecular complexity index is 1660. The summed E-state index contributed by atoms with van der Waals surface area (Å²) in [5.41, 5.74) is 3.39. The average Bonchev–Trinajstić information content (AvgIpc) is 3.50. The van der Waals surface area contributed by atoms with Crippen LogP contribution in [0.1, 0.15) is 52.0 Å². The largest absolute Gasteiger partial charge is 0.487 e. The molecule has 38 heavy (non-hydrogen) atoms. The zero-order valence-electron chi connectivity index (χ0n) is 21.1.